The van der Waals surface area contributed by atoms with E-state index in [1.54, 1.807) is 5.01 Å². The number of aromatic nitrogens is 1. The zero-order valence-electron chi connectivity index (χ0n) is 9.87. The van der Waals surface area contributed by atoms with Gasteiger partial charge in [0.15, 0.2) is 5.82 Å². The number of ether oxygens (including phenoxy) is 1. The summed E-state index contributed by atoms with van der Waals surface area (Å²) >= 11 is 0. The van der Waals surface area contributed by atoms with Gasteiger partial charge in [0.2, 0.25) is 0 Å². The number of hydrazine groups is 1. The second-order valence-corrected chi connectivity index (χ2v) is 3.91. The second-order valence-electron chi connectivity index (χ2n) is 3.91. The largest absolute Gasteiger partial charge is 0.433 e. The van der Waals surface area contributed by atoms with Crippen LogP contribution in [0.2, 0.25) is 0 Å². The fourth-order valence-electron chi connectivity index (χ4n) is 1.62. The van der Waals surface area contributed by atoms with Gasteiger partial charge in [-0.15, -0.1) is 0 Å². The highest BCUT2D eigenvalue weighted by atomic mass is 19.4. The highest BCUT2D eigenvalue weighted by Gasteiger charge is 2.33. The third-order valence-electron chi connectivity index (χ3n) is 2.58. The van der Waals surface area contributed by atoms with E-state index in [2.05, 4.69) is 10.4 Å². The lowest BCUT2D eigenvalue weighted by molar-refractivity contribution is -0.141. The summed E-state index contributed by atoms with van der Waals surface area (Å²) < 4.78 is 42.9. The maximum Gasteiger partial charge on any atom is 0.433 e. The van der Waals surface area contributed by atoms with E-state index in [0.29, 0.717) is 26.3 Å². The van der Waals surface area contributed by atoms with Crippen LogP contribution in [-0.2, 0) is 10.9 Å². The first-order valence-electron chi connectivity index (χ1n) is 5.58. The van der Waals surface area contributed by atoms with Gasteiger partial charge in [-0.05, 0) is 12.1 Å². The predicted molar refractivity (Wildman–Crippen MR) is 60.0 cm³/mol. The van der Waals surface area contributed by atoms with Crippen LogP contribution in [0.5, 0.6) is 0 Å². The molecule has 19 heavy (non-hydrogen) atoms. The molecule has 1 aliphatic rings. The van der Waals surface area contributed by atoms with Crippen LogP contribution in [0.15, 0.2) is 12.1 Å². The van der Waals surface area contributed by atoms with Crippen molar-refractivity contribution in [3.63, 3.8) is 0 Å². The van der Waals surface area contributed by atoms with Crippen molar-refractivity contribution in [2.45, 2.75) is 6.18 Å². The van der Waals surface area contributed by atoms with Crippen molar-refractivity contribution in [3.8, 4) is 6.07 Å². The van der Waals surface area contributed by atoms with Crippen molar-refractivity contribution in [1.82, 2.24) is 9.99 Å². The summed E-state index contributed by atoms with van der Waals surface area (Å²) in [5.74, 6) is -0.0841. The zero-order chi connectivity index (χ0) is 13.9. The molecular formula is C11H11F3N4O. The van der Waals surface area contributed by atoms with E-state index < -0.39 is 11.9 Å². The average Bonchev–Trinajstić information content (AvgIpc) is 2.39. The lowest BCUT2D eigenvalue weighted by Crippen LogP contribution is -2.40. The molecule has 1 N–H and O–H groups in total. The average molecular weight is 272 g/mol. The molecule has 0 atom stereocenters. The zero-order valence-corrected chi connectivity index (χ0v) is 9.87. The summed E-state index contributed by atoms with van der Waals surface area (Å²) in [7, 11) is 0. The van der Waals surface area contributed by atoms with Crippen LogP contribution in [-0.4, -0.2) is 36.3 Å². The minimum Gasteiger partial charge on any atom is -0.379 e. The number of hydrogen-bond acceptors (Lipinski definition) is 5. The van der Waals surface area contributed by atoms with Crippen LogP contribution >= 0.6 is 0 Å². The van der Waals surface area contributed by atoms with Crippen LogP contribution in [0.3, 0.4) is 0 Å². The van der Waals surface area contributed by atoms with E-state index in [1.165, 1.54) is 0 Å². The lowest BCUT2D eigenvalue weighted by Gasteiger charge is -2.27. The molecule has 1 aromatic heterocycles. The number of nitrogens with zero attached hydrogens (tertiary/aromatic N) is 3. The maximum atomic E-state index is 12.6. The third-order valence-corrected chi connectivity index (χ3v) is 2.58. The van der Waals surface area contributed by atoms with Crippen LogP contribution < -0.4 is 5.43 Å². The number of nitrogens with one attached hydrogen (secondary N) is 1. The Morgan fingerprint density at radius 3 is 2.58 bits per heavy atom. The van der Waals surface area contributed by atoms with Gasteiger partial charge in [-0.1, -0.05) is 0 Å². The number of nitriles is 1. The van der Waals surface area contributed by atoms with Crippen molar-refractivity contribution in [2.75, 3.05) is 31.7 Å². The second kappa shape index (κ2) is 5.42. The fraction of sp³-hybridized carbons (Fsp3) is 0.455. The molecule has 1 fully saturated rings. The van der Waals surface area contributed by atoms with E-state index in [9.17, 15) is 13.2 Å². The van der Waals surface area contributed by atoms with E-state index in [0.717, 1.165) is 12.1 Å². The van der Waals surface area contributed by atoms with Gasteiger partial charge in [0.25, 0.3) is 0 Å². The standard InChI is InChI=1S/C11H11F3N4O/c12-11(13,14)9-2-1-8(7-15)10(16-9)17-18-3-5-19-6-4-18/h1-2H,3-6H2,(H,16,17). The Hall–Kier alpha value is -1.85. The smallest absolute Gasteiger partial charge is 0.379 e. The van der Waals surface area contributed by atoms with Gasteiger partial charge < -0.3 is 10.2 Å². The number of halogens is 3. The Balaban J connectivity index is 2.23. The Kier molecular flexibility index (Phi) is 3.87. The number of anilines is 1. The van der Waals surface area contributed by atoms with Crippen LogP contribution in [0.25, 0.3) is 0 Å². The summed E-state index contributed by atoms with van der Waals surface area (Å²) in [6, 6.07) is 3.72. The van der Waals surface area contributed by atoms with Crippen molar-refractivity contribution in [2.24, 2.45) is 0 Å². The highest BCUT2D eigenvalue weighted by Crippen LogP contribution is 2.29. The number of rotatable bonds is 2. The summed E-state index contributed by atoms with van der Waals surface area (Å²) in [5.41, 5.74) is 1.78. The Labute approximate surface area is 107 Å². The molecule has 0 aromatic carbocycles. The molecule has 0 unspecified atom stereocenters. The lowest BCUT2D eigenvalue weighted by atomic mass is 10.2. The van der Waals surface area contributed by atoms with Crippen LogP contribution in [0.4, 0.5) is 19.0 Å². The Morgan fingerprint density at radius 2 is 2.00 bits per heavy atom. The molecule has 8 heteroatoms. The summed E-state index contributed by atoms with van der Waals surface area (Å²) in [4.78, 5) is 3.47. The van der Waals surface area contributed by atoms with Gasteiger partial charge in [-0.25, -0.2) is 9.99 Å². The normalized spacial score (nSPS) is 16.9. The molecule has 2 heterocycles. The van der Waals surface area contributed by atoms with Crippen LogP contribution in [0.1, 0.15) is 11.3 Å². The monoisotopic (exact) mass is 272 g/mol. The molecule has 1 aliphatic heterocycles. The fourth-order valence-corrected chi connectivity index (χ4v) is 1.62. The molecule has 1 saturated heterocycles. The molecule has 2 rings (SSSR count). The molecule has 1 aromatic rings. The summed E-state index contributed by atoms with van der Waals surface area (Å²) in [5, 5.41) is 10.6. The molecule has 0 saturated carbocycles. The topological polar surface area (TPSA) is 61.2 Å². The van der Waals surface area contributed by atoms with Gasteiger partial charge in [0.05, 0.1) is 18.8 Å². The maximum absolute atomic E-state index is 12.6. The first kappa shape index (κ1) is 13.6. The molecule has 0 aliphatic carbocycles. The SMILES string of the molecule is N#Cc1ccc(C(F)(F)F)nc1NN1CCOCC1. The molecule has 5 nitrogen and oxygen atoms in total. The highest BCUT2D eigenvalue weighted by molar-refractivity contribution is 5.51. The molecule has 0 amide bonds. The third kappa shape index (κ3) is 3.33. The van der Waals surface area contributed by atoms with E-state index in [1.807, 2.05) is 6.07 Å². The van der Waals surface area contributed by atoms with Crippen molar-refractivity contribution >= 4 is 5.82 Å². The van der Waals surface area contributed by atoms with Gasteiger partial charge in [0, 0.05) is 13.1 Å². The Bertz CT molecular complexity index is 492. The predicted octanol–water partition coefficient (Wildman–Crippen LogP) is 1.63. The van der Waals surface area contributed by atoms with Crippen molar-refractivity contribution < 1.29 is 17.9 Å². The summed E-state index contributed by atoms with van der Waals surface area (Å²) in [6.45, 7) is 1.99. The number of alkyl halides is 3. The minimum absolute atomic E-state index is 0.0690. The molecule has 0 bridgehead atoms. The minimum atomic E-state index is -4.53. The van der Waals surface area contributed by atoms with Crippen molar-refractivity contribution in [3.05, 3.63) is 23.4 Å². The van der Waals surface area contributed by atoms with E-state index >= 15 is 0 Å². The van der Waals surface area contributed by atoms with Gasteiger partial charge in [-0.2, -0.15) is 18.4 Å². The molecule has 0 radical (unpaired) electrons. The first-order chi connectivity index (χ1) is 9.00. The quantitative estimate of drug-likeness (QED) is 0.886. The number of morpholine rings is 1. The molecule has 102 valence electrons. The van der Waals surface area contributed by atoms with Gasteiger partial charge in [0.1, 0.15) is 11.8 Å². The van der Waals surface area contributed by atoms with E-state index in [-0.39, 0.29) is 11.4 Å². The number of hydrogen-bond donors (Lipinski definition) is 1. The summed E-state index contributed by atoms with van der Waals surface area (Å²) in [6.07, 6.45) is -4.53. The Morgan fingerprint density at radius 1 is 1.32 bits per heavy atom. The van der Waals surface area contributed by atoms with Crippen molar-refractivity contribution in [1.29, 1.82) is 5.26 Å². The molecular weight excluding hydrogens is 261 g/mol. The van der Waals surface area contributed by atoms with E-state index in [4.69, 9.17) is 10.00 Å². The van der Waals surface area contributed by atoms with Gasteiger partial charge in [-0.3, -0.25) is 0 Å². The molecule has 0 spiro atoms. The number of pyridine rings is 1. The first-order valence-corrected chi connectivity index (χ1v) is 5.58. The van der Waals surface area contributed by atoms with Gasteiger partial charge >= 0.3 is 6.18 Å². The van der Waals surface area contributed by atoms with Crippen LogP contribution in [0, 0.1) is 11.3 Å².